The zero-order chi connectivity index (χ0) is 18.8. The second kappa shape index (κ2) is 7.52. The normalized spacial score (nSPS) is 16.7. The molecule has 1 aromatic heterocycles. The number of carbonyl (C=O) groups excluding carboxylic acids is 1. The Morgan fingerprint density at radius 3 is 2.93 bits per heavy atom. The molecule has 0 saturated carbocycles. The van der Waals surface area contributed by atoms with Crippen molar-refractivity contribution in [1.82, 2.24) is 15.0 Å². The molecule has 2 aromatic carbocycles. The lowest BCUT2D eigenvalue weighted by molar-refractivity contribution is -0.129. The largest absolute Gasteiger partial charge is 0.497 e. The SMILES string of the molecule is COc1cccc(-c2noc(C3CCC(=O)N3Cc3cccc(Br)c3)n2)c1. The quantitative estimate of drug-likeness (QED) is 0.604. The summed E-state index contributed by atoms with van der Waals surface area (Å²) in [6.07, 6.45) is 1.15. The van der Waals surface area contributed by atoms with Crippen molar-refractivity contribution in [3.05, 3.63) is 64.5 Å². The van der Waals surface area contributed by atoms with Gasteiger partial charge in [0.15, 0.2) is 0 Å². The number of amides is 1. The summed E-state index contributed by atoms with van der Waals surface area (Å²) in [6, 6.07) is 15.2. The lowest BCUT2D eigenvalue weighted by Crippen LogP contribution is -2.27. The number of hydrogen-bond donors (Lipinski definition) is 0. The smallest absolute Gasteiger partial charge is 0.249 e. The molecule has 0 spiro atoms. The second-order valence-corrected chi connectivity index (χ2v) is 7.31. The molecule has 1 aliphatic heterocycles. The number of hydrogen-bond acceptors (Lipinski definition) is 5. The van der Waals surface area contributed by atoms with Crippen LogP contribution in [0.2, 0.25) is 0 Å². The lowest BCUT2D eigenvalue weighted by Gasteiger charge is -2.22. The van der Waals surface area contributed by atoms with Crippen LogP contribution in [0.5, 0.6) is 5.75 Å². The minimum absolute atomic E-state index is 0.0982. The molecular weight excluding hydrogens is 410 g/mol. The van der Waals surface area contributed by atoms with E-state index in [-0.39, 0.29) is 11.9 Å². The molecule has 6 nitrogen and oxygen atoms in total. The first-order valence-electron chi connectivity index (χ1n) is 8.66. The predicted molar refractivity (Wildman–Crippen MR) is 103 cm³/mol. The molecule has 0 radical (unpaired) electrons. The maximum atomic E-state index is 12.4. The Morgan fingerprint density at radius 1 is 1.26 bits per heavy atom. The van der Waals surface area contributed by atoms with Crippen molar-refractivity contribution in [1.29, 1.82) is 0 Å². The Labute approximate surface area is 165 Å². The molecule has 1 fully saturated rings. The van der Waals surface area contributed by atoms with Gasteiger partial charge >= 0.3 is 0 Å². The van der Waals surface area contributed by atoms with Crippen molar-refractivity contribution in [2.75, 3.05) is 7.11 Å². The van der Waals surface area contributed by atoms with Gasteiger partial charge in [-0.05, 0) is 36.2 Å². The molecule has 1 unspecified atom stereocenters. The van der Waals surface area contributed by atoms with E-state index in [1.165, 1.54) is 0 Å². The summed E-state index contributed by atoms with van der Waals surface area (Å²) in [5.74, 6) is 1.78. The van der Waals surface area contributed by atoms with Crippen LogP contribution in [0.25, 0.3) is 11.4 Å². The van der Waals surface area contributed by atoms with E-state index < -0.39 is 0 Å². The molecule has 138 valence electrons. The van der Waals surface area contributed by atoms with Crippen LogP contribution in [-0.4, -0.2) is 28.1 Å². The molecule has 1 saturated heterocycles. The van der Waals surface area contributed by atoms with Crippen molar-refractivity contribution in [2.45, 2.75) is 25.4 Å². The number of likely N-dealkylation sites (tertiary alicyclic amines) is 1. The number of methoxy groups -OCH3 is 1. The Kier molecular flexibility index (Phi) is 4.94. The van der Waals surface area contributed by atoms with Crippen LogP contribution in [0.1, 0.15) is 30.3 Å². The van der Waals surface area contributed by atoms with Gasteiger partial charge in [-0.15, -0.1) is 0 Å². The summed E-state index contributed by atoms with van der Waals surface area (Å²) < 4.78 is 11.7. The third kappa shape index (κ3) is 3.73. The number of benzene rings is 2. The van der Waals surface area contributed by atoms with E-state index >= 15 is 0 Å². The highest BCUT2D eigenvalue weighted by molar-refractivity contribution is 9.10. The zero-order valence-corrected chi connectivity index (χ0v) is 16.3. The molecule has 1 aliphatic rings. The highest BCUT2D eigenvalue weighted by Gasteiger charge is 2.36. The van der Waals surface area contributed by atoms with E-state index in [0.717, 1.165) is 21.3 Å². The molecule has 1 atom stereocenters. The number of halogens is 1. The molecule has 4 rings (SSSR count). The van der Waals surface area contributed by atoms with E-state index in [4.69, 9.17) is 9.26 Å². The van der Waals surface area contributed by atoms with Crippen LogP contribution >= 0.6 is 15.9 Å². The number of ether oxygens (including phenoxy) is 1. The summed E-state index contributed by atoms with van der Waals surface area (Å²) in [6.45, 7) is 0.514. The van der Waals surface area contributed by atoms with Gasteiger partial charge in [0.05, 0.1) is 7.11 Å². The zero-order valence-electron chi connectivity index (χ0n) is 14.8. The number of aromatic nitrogens is 2. The van der Waals surface area contributed by atoms with Crippen LogP contribution in [0.3, 0.4) is 0 Å². The van der Waals surface area contributed by atoms with Crippen LogP contribution in [0.4, 0.5) is 0 Å². The first-order valence-corrected chi connectivity index (χ1v) is 9.45. The maximum absolute atomic E-state index is 12.4. The minimum atomic E-state index is -0.205. The van der Waals surface area contributed by atoms with Crippen LogP contribution in [0, 0.1) is 0 Å². The van der Waals surface area contributed by atoms with Gasteiger partial charge in [0, 0.05) is 23.0 Å². The molecule has 1 amide bonds. The molecule has 0 N–H and O–H groups in total. The Bertz CT molecular complexity index is 972. The van der Waals surface area contributed by atoms with Gasteiger partial charge in [-0.25, -0.2) is 0 Å². The van der Waals surface area contributed by atoms with Gasteiger partial charge in [-0.3, -0.25) is 4.79 Å². The molecule has 0 aliphatic carbocycles. The number of carbonyl (C=O) groups is 1. The van der Waals surface area contributed by atoms with Gasteiger partial charge < -0.3 is 14.2 Å². The van der Waals surface area contributed by atoms with Crippen molar-refractivity contribution in [2.24, 2.45) is 0 Å². The van der Waals surface area contributed by atoms with Gasteiger partial charge in [0.1, 0.15) is 11.8 Å². The lowest BCUT2D eigenvalue weighted by atomic mass is 10.1. The Hall–Kier alpha value is -2.67. The fraction of sp³-hybridized carbons (Fsp3) is 0.250. The number of rotatable bonds is 5. The van der Waals surface area contributed by atoms with E-state index in [9.17, 15) is 4.79 Å². The van der Waals surface area contributed by atoms with Crippen LogP contribution < -0.4 is 4.74 Å². The summed E-state index contributed by atoms with van der Waals surface area (Å²) >= 11 is 3.47. The Balaban J connectivity index is 1.58. The highest BCUT2D eigenvalue weighted by atomic mass is 79.9. The third-order valence-corrected chi connectivity index (χ3v) is 5.12. The maximum Gasteiger partial charge on any atom is 0.249 e. The Morgan fingerprint density at radius 2 is 2.11 bits per heavy atom. The second-order valence-electron chi connectivity index (χ2n) is 6.39. The van der Waals surface area contributed by atoms with Crippen molar-refractivity contribution in [3.8, 4) is 17.1 Å². The third-order valence-electron chi connectivity index (χ3n) is 4.62. The first-order chi connectivity index (χ1) is 13.1. The fourth-order valence-corrected chi connectivity index (χ4v) is 3.72. The average molecular weight is 428 g/mol. The molecule has 27 heavy (non-hydrogen) atoms. The van der Waals surface area contributed by atoms with Crippen molar-refractivity contribution in [3.63, 3.8) is 0 Å². The van der Waals surface area contributed by atoms with Gasteiger partial charge in [-0.2, -0.15) is 4.98 Å². The van der Waals surface area contributed by atoms with Crippen molar-refractivity contribution >= 4 is 21.8 Å². The van der Waals surface area contributed by atoms with Gasteiger partial charge in [0.2, 0.25) is 17.6 Å². The number of nitrogens with zero attached hydrogens (tertiary/aromatic N) is 3. The summed E-state index contributed by atoms with van der Waals surface area (Å²) in [5.41, 5.74) is 1.87. The minimum Gasteiger partial charge on any atom is -0.497 e. The van der Waals surface area contributed by atoms with E-state index in [0.29, 0.717) is 31.1 Å². The fourth-order valence-electron chi connectivity index (χ4n) is 3.27. The van der Waals surface area contributed by atoms with Gasteiger partial charge in [-0.1, -0.05) is 45.4 Å². The van der Waals surface area contributed by atoms with E-state index in [1.54, 1.807) is 7.11 Å². The van der Waals surface area contributed by atoms with Crippen LogP contribution in [-0.2, 0) is 11.3 Å². The molecule has 2 heterocycles. The average Bonchev–Trinajstić information content (AvgIpc) is 3.30. The standard InChI is InChI=1S/C20H18BrN3O3/c1-26-16-7-3-5-14(11-16)19-22-20(27-23-19)17-8-9-18(25)24(17)12-13-4-2-6-15(21)10-13/h2-7,10-11,17H,8-9,12H2,1H3. The monoisotopic (exact) mass is 427 g/mol. The molecule has 3 aromatic rings. The summed E-state index contributed by atoms with van der Waals surface area (Å²) in [4.78, 5) is 18.8. The van der Waals surface area contributed by atoms with Crippen molar-refractivity contribution < 1.29 is 14.1 Å². The predicted octanol–water partition coefficient (Wildman–Crippen LogP) is 4.37. The van der Waals surface area contributed by atoms with E-state index in [1.807, 2.05) is 53.4 Å². The first kappa shape index (κ1) is 17.7. The summed E-state index contributed by atoms with van der Waals surface area (Å²) in [7, 11) is 1.62. The highest BCUT2D eigenvalue weighted by Crippen LogP contribution is 2.34. The topological polar surface area (TPSA) is 68.5 Å². The molecular formula is C20H18BrN3O3. The molecule has 0 bridgehead atoms. The molecule has 7 heteroatoms. The van der Waals surface area contributed by atoms with E-state index in [2.05, 4.69) is 26.1 Å². The van der Waals surface area contributed by atoms with Crippen LogP contribution in [0.15, 0.2) is 57.5 Å². The summed E-state index contributed by atoms with van der Waals surface area (Å²) in [5, 5.41) is 4.10. The van der Waals surface area contributed by atoms with Gasteiger partial charge in [0.25, 0.3) is 0 Å².